The van der Waals surface area contributed by atoms with Gasteiger partial charge in [0, 0.05) is 60.0 Å². The van der Waals surface area contributed by atoms with Gasteiger partial charge in [-0.3, -0.25) is 14.6 Å². The number of carbonyl (C=O) groups is 1. The fourth-order valence-corrected chi connectivity index (χ4v) is 5.78. The first-order valence-corrected chi connectivity index (χ1v) is 11.7. The lowest BCUT2D eigenvalue weighted by Gasteiger charge is -2.58. The van der Waals surface area contributed by atoms with Crippen molar-refractivity contribution in [2.75, 3.05) is 26.7 Å². The van der Waals surface area contributed by atoms with Crippen LogP contribution in [0.4, 0.5) is 0 Å². The van der Waals surface area contributed by atoms with Crippen molar-refractivity contribution >= 4 is 22.9 Å². The number of fused-ring (bicyclic) bond motifs is 1. The zero-order valence-electron chi connectivity index (χ0n) is 19.6. The summed E-state index contributed by atoms with van der Waals surface area (Å²) in [5, 5.41) is 15.5. The first-order chi connectivity index (χ1) is 16.4. The van der Waals surface area contributed by atoms with Gasteiger partial charge >= 0.3 is 0 Å². The molecule has 34 heavy (non-hydrogen) atoms. The van der Waals surface area contributed by atoms with Gasteiger partial charge in [-0.1, -0.05) is 19.2 Å². The zero-order valence-corrected chi connectivity index (χ0v) is 19.6. The topological polar surface area (TPSA) is 82.1 Å². The van der Waals surface area contributed by atoms with E-state index in [1.54, 1.807) is 0 Å². The lowest BCUT2D eigenvalue weighted by atomic mass is 9.60. The third-order valence-corrected chi connectivity index (χ3v) is 7.57. The van der Waals surface area contributed by atoms with Crippen LogP contribution in [0.15, 0.2) is 54.9 Å². The maximum absolute atomic E-state index is 11.9. The highest BCUT2D eigenvalue weighted by Gasteiger charge is 2.54. The highest BCUT2D eigenvalue weighted by Crippen LogP contribution is 2.54. The van der Waals surface area contributed by atoms with Crippen molar-refractivity contribution in [2.24, 2.45) is 5.41 Å². The van der Waals surface area contributed by atoms with E-state index >= 15 is 0 Å². The van der Waals surface area contributed by atoms with Crippen molar-refractivity contribution in [3.8, 4) is 11.3 Å². The molecular weight excluding hydrogens is 426 g/mol. The van der Waals surface area contributed by atoms with Gasteiger partial charge in [0.05, 0.1) is 23.4 Å². The number of nitrogens with zero attached hydrogens (tertiary/aromatic N) is 5. The first kappa shape index (κ1) is 20.9. The lowest BCUT2D eigenvalue weighted by molar-refractivity contribution is -0.149. The first-order valence-electron chi connectivity index (χ1n) is 11.7. The highest BCUT2D eigenvalue weighted by molar-refractivity contribution is 5.88. The van der Waals surface area contributed by atoms with Crippen LogP contribution in [0.2, 0.25) is 0 Å². The van der Waals surface area contributed by atoms with Crippen molar-refractivity contribution in [1.82, 2.24) is 35.3 Å². The van der Waals surface area contributed by atoms with Gasteiger partial charge in [0.15, 0.2) is 0 Å². The average molecular weight is 456 g/mol. The summed E-state index contributed by atoms with van der Waals surface area (Å²) >= 11 is 0. The van der Waals surface area contributed by atoms with E-state index in [4.69, 9.17) is 5.10 Å². The predicted octanol–water partition coefficient (Wildman–Crippen LogP) is 3.43. The molecule has 1 saturated carbocycles. The highest BCUT2D eigenvalue weighted by atomic mass is 16.2. The number of hydrazine groups is 1. The molecule has 6 rings (SSSR count). The molecule has 2 aliphatic heterocycles. The summed E-state index contributed by atoms with van der Waals surface area (Å²) in [7, 11) is 2.02. The number of carbonyl (C=O) groups excluding carboxylic acids is 1. The minimum Gasteiger partial charge on any atom is -0.338 e. The van der Waals surface area contributed by atoms with Crippen molar-refractivity contribution < 1.29 is 4.79 Å². The molecule has 1 spiro atoms. The number of hydrogen-bond acceptors (Lipinski definition) is 5. The number of amides is 1. The maximum atomic E-state index is 11.9. The van der Waals surface area contributed by atoms with Crippen molar-refractivity contribution in [3.63, 3.8) is 0 Å². The fourth-order valence-electron chi connectivity index (χ4n) is 5.78. The van der Waals surface area contributed by atoms with Gasteiger partial charge in [-0.05, 0) is 49.6 Å². The van der Waals surface area contributed by atoms with Gasteiger partial charge in [-0.25, -0.2) is 5.01 Å². The second-order valence-electron chi connectivity index (χ2n) is 10.0. The van der Waals surface area contributed by atoms with Crippen LogP contribution in [0.1, 0.15) is 30.1 Å². The molecule has 174 valence electrons. The van der Waals surface area contributed by atoms with Crippen LogP contribution < -0.4 is 5.43 Å². The quantitative estimate of drug-likeness (QED) is 0.589. The Balaban J connectivity index is 1.35. The second kappa shape index (κ2) is 7.43. The monoisotopic (exact) mass is 455 g/mol. The predicted molar refractivity (Wildman–Crippen MR) is 132 cm³/mol. The Morgan fingerprint density at radius 3 is 2.79 bits per heavy atom. The van der Waals surface area contributed by atoms with E-state index < -0.39 is 0 Å². The second-order valence-corrected chi connectivity index (χ2v) is 10.0. The number of likely N-dealkylation sites (N-methyl/N-ethyl adjacent to an activating group) is 1. The summed E-state index contributed by atoms with van der Waals surface area (Å²) in [5.74, 6) is 0.0329. The van der Waals surface area contributed by atoms with E-state index in [1.807, 2.05) is 23.2 Å². The largest absolute Gasteiger partial charge is 0.338 e. The van der Waals surface area contributed by atoms with Crippen LogP contribution in [0.3, 0.4) is 0 Å². The van der Waals surface area contributed by atoms with Crippen LogP contribution in [0.5, 0.6) is 0 Å². The van der Waals surface area contributed by atoms with E-state index in [0.717, 1.165) is 71.6 Å². The summed E-state index contributed by atoms with van der Waals surface area (Å²) in [6, 6.07) is 6.66. The number of hydrogen-bond donors (Lipinski definition) is 2. The molecule has 3 aliphatic rings. The van der Waals surface area contributed by atoms with Crippen LogP contribution >= 0.6 is 0 Å². The molecule has 0 unspecified atom stereocenters. The van der Waals surface area contributed by atoms with E-state index in [9.17, 15) is 4.79 Å². The molecule has 0 atom stereocenters. The Labute approximate surface area is 198 Å². The summed E-state index contributed by atoms with van der Waals surface area (Å²) < 4.78 is 2.21. The van der Waals surface area contributed by atoms with Crippen molar-refractivity contribution in [2.45, 2.75) is 25.8 Å². The summed E-state index contributed by atoms with van der Waals surface area (Å²) in [4.78, 5) is 13.8. The van der Waals surface area contributed by atoms with Crippen molar-refractivity contribution in [1.29, 1.82) is 0 Å². The van der Waals surface area contributed by atoms with E-state index in [-0.39, 0.29) is 11.3 Å². The van der Waals surface area contributed by atoms with Gasteiger partial charge in [0.1, 0.15) is 0 Å². The van der Waals surface area contributed by atoms with E-state index in [1.165, 1.54) is 11.6 Å². The Bertz CT molecular complexity index is 1360. The SMILES string of the molecule is C=CC(=O)N1CC2(CC(n3nc(-c4ccc5[nH]ncc5c4)c(/C=C4\CN(C)NC4=C)c3C)C2)C1. The molecule has 0 radical (unpaired) electrons. The van der Waals surface area contributed by atoms with Crippen LogP contribution in [0, 0.1) is 12.3 Å². The molecule has 8 heteroatoms. The molecule has 4 heterocycles. The minimum absolute atomic E-state index is 0.0329. The molecule has 3 fully saturated rings. The standard InChI is InChI=1S/C26H29N7O/c1-5-24(34)32-14-26(15-32)10-21(11-26)33-17(3)22(9-20-13-31(4)29-16(20)2)25(30-33)18-6-7-23-19(8-18)12-27-28-23/h5-9,12,21,29H,1-2,10-11,13-15H2,3-4H3,(H,27,28)/b20-9+. The molecule has 2 aromatic heterocycles. The molecule has 1 aliphatic carbocycles. The maximum Gasteiger partial charge on any atom is 0.245 e. The van der Waals surface area contributed by atoms with Gasteiger partial charge in [0.25, 0.3) is 0 Å². The number of aromatic nitrogens is 4. The zero-order chi connectivity index (χ0) is 23.6. The van der Waals surface area contributed by atoms with E-state index in [0.29, 0.717) is 6.04 Å². The fraction of sp³-hybridized carbons (Fsp3) is 0.346. The Morgan fingerprint density at radius 1 is 1.29 bits per heavy atom. The van der Waals surface area contributed by atoms with Crippen LogP contribution in [-0.2, 0) is 4.79 Å². The number of H-pyrrole nitrogens is 1. The smallest absolute Gasteiger partial charge is 0.245 e. The molecule has 3 aromatic rings. The Hall–Kier alpha value is -3.65. The molecule has 1 amide bonds. The number of aromatic amines is 1. The molecule has 1 aromatic carbocycles. The van der Waals surface area contributed by atoms with Crippen LogP contribution in [-0.4, -0.2) is 62.5 Å². The van der Waals surface area contributed by atoms with E-state index in [2.05, 4.69) is 64.7 Å². The number of rotatable bonds is 4. The Morgan fingerprint density at radius 2 is 2.09 bits per heavy atom. The molecule has 0 bridgehead atoms. The number of likely N-dealkylation sites (tertiary alicyclic amines) is 1. The summed E-state index contributed by atoms with van der Waals surface area (Å²) in [6.45, 7) is 12.4. The molecular formula is C26H29N7O. The van der Waals surface area contributed by atoms with Crippen molar-refractivity contribution in [3.05, 3.63) is 66.2 Å². The third kappa shape index (κ3) is 3.20. The van der Waals surface area contributed by atoms with Gasteiger partial charge < -0.3 is 10.3 Å². The molecule has 2 N–H and O–H groups in total. The third-order valence-electron chi connectivity index (χ3n) is 7.57. The van der Waals surface area contributed by atoms with Crippen LogP contribution in [0.25, 0.3) is 28.2 Å². The van der Waals surface area contributed by atoms with Gasteiger partial charge in [-0.2, -0.15) is 10.2 Å². The van der Waals surface area contributed by atoms with Gasteiger partial charge in [-0.15, -0.1) is 0 Å². The molecule has 2 saturated heterocycles. The normalized spacial score (nSPS) is 21.2. The minimum atomic E-state index is 0.0329. The number of nitrogens with one attached hydrogen (secondary N) is 2. The average Bonchev–Trinajstić information content (AvgIpc) is 3.44. The molecule has 8 nitrogen and oxygen atoms in total. The number of benzene rings is 1. The Kier molecular flexibility index (Phi) is 4.57. The summed E-state index contributed by atoms with van der Waals surface area (Å²) in [5.41, 5.74) is 11.0. The van der Waals surface area contributed by atoms with Gasteiger partial charge in [0.2, 0.25) is 5.91 Å². The lowest BCUT2D eigenvalue weighted by Crippen LogP contribution is -2.63. The summed E-state index contributed by atoms with van der Waals surface area (Å²) in [6.07, 6.45) is 7.58.